The third kappa shape index (κ3) is 4.79. The summed E-state index contributed by atoms with van der Waals surface area (Å²) >= 11 is 5.83. The summed E-state index contributed by atoms with van der Waals surface area (Å²) in [5.41, 5.74) is 0.408. The number of carbonyl (C=O) groups excluding carboxylic acids is 1. The second kappa shape index (κ2) is 7.69. The van der Waals surface area contributed by atoms with Crippen molar-refractivity contribution in [3.63, 3.8) is 0 Å². The summed E-state index contributed by atoms with van der Waals surface area (Å²) in [5.74, 6) is -1.23. The number of hydrogen-bond acceptors (Lipinski definition) is 4. The fourth-order valence-electron chi connectivity index (χ4n) is 1.78. The fraction of sp³-hybridized carbons (Fsp3) is 0.333. The van der Waals surface area contributed by atoms with Crippen LogP contribution in [0.1, 0.15) is 25.8 Å². The number of hydrogen-bond donors (Lipinski definition) is 3. The molecule has 0 amide bonds. The van der Waals surface area contributed by atoms with Gasteiger partial charge in [0.1, 0.15) is 11.8 Å². The van der Waals surface area contributed by atoms with Gasteiger partial charge in [0, 0.05) is 10.6 Å². The van der Waals surface area contributed by atoms with E-state index in [1.54, 1.807) is 6.92 Å². The zero-order valence-electron chi connectivity index (χ0n) is 11.8. The quantitative estimate of drug-likeness (QED) is 0.532. The predicted molar refractivity (Wildman–Crippen MR) is 81.2 cm³/mol. The zero-order chi connectivity index (χ0) is 16.0. The molecule has 0 spiro atoms. The molecule has 6 heteroatoms. The first-order chi connectivity index (χ1) is 9.88. The highest BCUT2D eigenvalue weighted by molar-refractivity contribution is 6.30. The first-order valence-corrected chi connectivity index (χ1v) is 6.91. The molecule has 0 aliphatic carbocycles. The molecule has 0 heterocycles. The number of phenols is 1. The minimum Gasteiger partial charge on any atom is -0.507 e. The molecule has 3 N–H and O–H groups in total. The highest BCUT2D eigenvalue weighted by atomic mass is 35.5. The van der Waals surface area contributed by atoms with Gasteiger partial charge in [-0.2, -0.15) is 0 Å². The maximum absolute atomic E-state index is 11.2. The molecule has 1 aromatic rings. The second-order valence-corrected chi connectivity index (χ2v) is 5.20. The maximum Gasteiger partial charge on any atom is 0.326 e. The molecule has 0 radical (unpaired) electrons. The smallest absolute Gasteiger partial charge is 0.326 e. The molecule has 2 unspecified atom stereocenters. The summed E-state index contributed by atoms with van der Waals surface area (Å²) in [6, 6.07) is 3.52. The number of allylic oxidation sites excluding steroid dienone is 1. The number of carboxylic acid groups (broad SMARTS) is 1. The fourth-order valence-corrected chi connectivity index (χ4v) is 1.96. The van der Waals surface area contributed by atoms with Gasteiger partial charge in [-0.05, 0) is 30.2 Å². The van der Waals surface area contributed by atoms with E-state index < -0.39 is 12.0 Å². The van der Waals surface area contributed by atoms with Crippen LogP contribution < -0.4 is 5.32 Å². The van der Waals surface area contributed by atoms with Gasteiger partial charge in [-0.1, -0.05) is 31.9 Å². The van der Waals surface area contributed by atoms with Gasteiger partial charge in [0.15, 0.2) is 6.29 Å². The van der Waals surface area contributed by atoms with Crippen molar-refractivity contribution in [1.29, 1.82) is 0 Å². The zero-order valence-corrected chi connectivity index (χ0v) is 12.6. The molecule has 21 heavy (non-hydrogen) atoms. The van der Waals surface area contributed by atoms with E-state index in [-0.39, 0.29) is 17.4 Å². The average Bonchev–Trinajstić information content (AvgIpc) is 2.45. The predicted octanol–water partition coefficient (Wildman–Crippen LogP) is 2.67. The lowest BCUT2D eigenvalue weighted by Crippen LogP contribution is -2.41. The Balaban J connectivity index is 3.06. The molecule has 1 aromatic carbocycles. The number of carbonyl (C=O) groups is 2. The summed E-state index contributed by atoms with van der Waals surface area (Å²) in [4.78, 5) is 22.4. The Morgan fingerprint density at radius 2 is 2.14 bits per heavy atom. The van der Waals surface area contributed by atoms with Gasteiger partial charge in [0.05, 0.1) is 5.70 Å². The number of aldehydes is 1. The van der Waals surface area contributed by atoms with Crippen LogP contribution in [0.15, 0.2) is 23.9 Å². The van der Waals surface area contributed by atoms with Crippen LogP contribution in [0.3, 0.4) is 0 Å². The van der Waals surface area contributed by atoms with Crippen molar-refractivity contribution in [3.8, 4) is 5.75 Å². The molecule has 0 fully saturated rings. The van der Waals surface area contributed by atoms with Gasteiger partial charge >= 0.3 is 5.97 Å². The van der Waals surface area contributed by atoms with E-state index in [0.29, 0.717) is 23.3 Å². The van der Waals surface area contributed by atoms with Crippen LogP contribution in [-0.2, 0) is 9.59 Å². The molecule has 2 atom stereocenters. The molecule has 5 nitrogen and oxygen atoms in total. The Bertz CT molecular complexity index is 557. The summed E-state index contributed by atoms with van der Waals surface area (Å²) < 4.78 is 0. The minimum absolute atomic E-state index is 0.0454. The van der Waals surface area contributed by atoms with E-state index in [0.717, 1.165) is 0 Å². The van der Waals surface area contributed by atoms with Crippen LogP contribution in [-0.4, -0.2) is 28.5 Å². The Labute approximate surface area is 128 Å². The maximum atomic E-state index is 11.2. The van der Waals surface area contributed by atoms with Crippen LogP contribution in [0, 0.1) is 5.92 Å². The molecule has 0 saturated carbocycles. The summed E-state index contributed by atoms with van der Waals surface area (Å²) in [7, 11) is 0. The summed E-state index contributed by atoms with van der Waals surface area (Å²) in [5, 5.41) is 22.0. The third-order valence-electron chi connectivity index (χ3n) is 3.23. The van der Waals surface area contributed by atoms with E-state index in [1.165, 1.54) is 24.3 Å². The lowest BCUT2D eigenvalue weighted by atomic mass is 9.99. The van der Waals surface area contributed by atoms with E-state index in [1.807, 2.05) is 6.92 Å². The first kappa shape index (κ1) is 17.0. The molecule has 114 valence electrons. The lowest BCUT2D eigenvalue weighted by Gasteiger charge is -2.21. The Morgan fingerprint density at radius 1 is 1.48 bits per heavy atom. The van der Waals surface area contributed by atoms with Crippen molar-refractivity contribution in [1.82, 2.24) is 5.32 Å². The van der Waals surface area contributed by atoms with Gasteiger partial charge in [-0.3, -0.25) is 4.79 Å². The Kier molecular flexibility index (Phi) is 6.24. The van der Waals surface area contributed by atoms with Crippen molar-refractivity contribution in [2.45, 2.75) is 26.3 Å². The van der Waals surface area contributed by atoms with Crippen LogP contribution in [0.2, 0.25) is 5.02 Å². The molecule has 0 bridgehead atoms. The van der Waals surface area contributed by atoms with Gasteiger partial charge in [-0.25, -0.2) is 4.79 Å². The second-order valence-electron chi connectivity index (χ2n) is 4.77. The van der Waals surface area contributed by atoms with Crippen molar-refractivity contribution in [2.24, 2.45) is 5.92 Å². The Hall–Kier alpha value is -2.01. The van der Waals surface area contributed by atoms with Crippen molar-refractivity contribution in [3.05, 3.63) is 34.5 Å². The molecular formula is C15H18ClNO4. The first-order valence-electron chi connectivity index (χ1n) is 6.53. The van der Waals surface area contributed by atoms with Gasteiger partial charge in [0.25, 0.3) is 0 Å². The van der Waals surface area contributed by atoms with E-state index >= 15 is 0 Å². The monoisotopic (exact) mass is 311 g/mol. The number of aliphatic carboxylic acids is 1. The SMILES string of the molecule is CCC(C)C(N/C(C=O)=C\c1cc(Cl)ccc1O)C(=O)O. The normalized spacial score (nSPS) is 14.3. The Morgan fingerprint density at radius 3 is 2.67 bits per heavy atom. The van der Waals surface area contributed by atoms with Gasteiger partial charge in [0.2, 0.25) is 0 Å². The molecular weight excluding hydrogens is 294 g/mol. The van der Waals surface area contributed by atoms with E-state index in [4.69, 9.17) is 11.6 Å². The van der Waals surface area contributed by atoms with Crippen molar-refractivity contribution < 1.29 is 19.8 Å². The van der Waals surface area contributed by atoms with Crippen LogP contribution in [0.25, 0.3) is 6.08 Å². The molecule has 0 aliphatic rings. The number of halogens is 1. The molecule has 1 rings (SSSR count). The largest absolute Gasteiger partial charge is 0.507 e. The minimum atomic E-state index is -1.03. The molecule has 0 aliphatic heterocycles. The van der Waals surface area contributed by atoms with Crippen LogP contribution >= 0.6 is 11.6 Å². The number of phenolic OH excluding ortho intramolecular Hbond substituents is 1. The van der Waals surface area contributed by atoms with Crippen LogP contribution in [0.5, 0.6) is 5.75 Å². The number of benzene rings is 1. The van der Waals surface area contributed by atoms with Crippen LogP contribution in [0.4, 0.5) is 0 Å². The highest BCUT2D eigenvalue weighted by Crippen LogP contribution is 2.23. The van der Waals surface area contributed by atoms with Gasteiger partial charge in [-0.15, -0.1) is 0 Å². The number of nitrogens with one attached hydrogen (secondary N) is 1. The molecule has 0 saturated heterocycles. The van der Waals surface area contributed by atoms with Crippen molar-refractivity contribution >= 4 is 29.9 Å². The third-order valence-corrected chi connectivity index (χ3v) is 3.46. The number of rotatable bonds is 7. The highest BCUT2D eigenvalue weighted by Gasteiger charge is 2.23. The summed E-state index contributed by atoms with van der Waals surface area (Å²) in [6.45, 7) is 3.65. The van der Waals surface area contributed by atoms with E-state index in [2.05, 4.69) is 5.32 Å². The summed E-state index contributed by atoms with van der Waals surface area (Å²) in [6.07, 6.45) is 2.53. The topological polar surface area (TPSA) is 86.6 Å². The number of carboxylic acids is 1. The number of aromatic hydroxyl groups is 1. The van der Waals surface area contributed by atoms with E-state index in [9.17, 15) is 19.8 Å². The molecule has 0 aromatic heterocycles. The average molecular weight is 312 g/mol. The van der Waals surface area contributed by atoms with Crippen molar-refractivity contribution in [2.75, 3.05) is 0 Å². The standard InChI is InChI=1S/C15H18ClNO4/c1-3-9(2)14(15(20)21)17-12(8-18)7-10-6-11(16)4-5-13(10)19/h4-9,14,17,19H,3H2,1-2H3,(H,20,21)/b12-7-. The lowest BCUT2D eigenvalue weighted by molar-refractivity contribution is -0.140. The van der Waals surface area contributed by atoms with Gasteiger partial charge < -0.3 is 15.5 Å².